The third-order valence-electron chi connectivity index (χ3n) is 2.53. The molecule has 0 unspecified atom stereocenters. The van der Waals surface area contributed by atoms with E-state index in [0.717, 1.165) is 6.20 Å². The first-order valence-electron chi connectivity index (χ1n) is 5.61. The third kappa shape index (κ3) is 3.67. The maximum absolute atomic E-state index is 12.8. The molecule has 0 spiro atoms. The Morgan fingerprint density at radius 2 is 2.00 bits per heavy atom. The fourth-order valence-corrected chi connectivity index (χ4v) is 2.32. The summed E-state index contributed by atoms with van der Waals surface area (Å²) in [6.07, 6.45) is -3.59. The van der Waals surface area contributed by atoms with Crippen LogP contribution in [0.3, 0.4) is 0 Å². The van der Waals surface area contributed by atoms with Gasteiger partial charge in [0.1, 0.15) is 11.6 Å². The van der Waals surface area contributed by atoms with E-state index < -0.39 is 21.8 Å². The Balaban J connectivity index is 2.42. The van der Waals surface area contributed by atoms with Crippen LogP contribution in [0.25, 0.3) is 5.57 Å². The fraction of sp³-hybridized carbons (Fsp3) is 0.0909. The molecule has 0 aliphatic carbocycles. The largest absolute Gasteiger partial charge is 0.417 e. The Hall–Kier alpha value is -2.02. The summed E-state index contributed by atoms with van der Waals surface area (Å²) in [4.78, 5) is 0. The van der Waals surface area contributed by atoms with Gasteiger partial charge in [-0.3, -0.25) is 0 Å². The van der Waals surface area contributed by atoms with Gasteiger partial charge in [0.2, 0.25) is 5.82 Å². The Labute approximate surface area is 141 Å². The van der Waals surface area contributed by atoms with Crippen LogP contribution in [0, 0.1) is 11.3 Å². The molecule has 2 aromatic rings. The summed E-state index contributed by atoms with van der Waals surface area (Å²) in [6, 6.07) is 2.41. The Morgan fingerprint density at radius 1 is 1.30 bits per heavy atom. The van der Waals surface area contributed by atoms with Crippen LogP contribution < -0.4 is 5.32 Å². The molecule has 0 radical (unpaired) electrons. The molecule has 1 aromatic carbocycles. The van der Waals surface area contributed by atoms with Crippen LogP contribution in [0.1, 0.15) is 11.4 Å². The summed E-state index contributed by atoms with van der Waals surface area (Å²) >= 11 is 17.2. The molecule has 2 N–H and O–H groups in total. The van der Waals surface area contributed by atoms with Gasteiger partial charge in [-0.25, -0.2) is 0 Å². The van der Waals surface area contributed by atoms with Gasteiger partial charge >= 0.3 is 6.18 Å². The molecule has 1 aromatic heterocycles. The van der Waals surface area contributed by atoms with Gasteiger partial charge in [-0.2, -0.15) is 23.6 Å². The average molecular weight is 384 g/mol. The quantitative estimate of drug-likeness (QED) is 0.614. The molecule has 0 atom stereocenters. The number of rotatable bonds is 3. The summed E-state index contributed by atoms with van der Waals surface area (Å²) in [7, 11) is 0. The van der Waals surface area contributed by atoms with Crippen LogP contribution in [0.2, 0.25) is 15.1 Å². The van der Waals surface area contributed by atoms with Crippen LogP contribution >= 0.6 is 34.8 Å². The summed E-state index contributed by atoms with van der Waals surface area (Å²) < 4.78 is 38.4. The zero-order chi connectivity index (χ0) is 17.2. The second-order valence-corrected chi connectivity index (χ2v) is 5.12. The van der Waals surface area contributed by atoms with E-state index in [0.29, 0.717) is 6.07 Å². The summed E-state index contributed by atoms with van der Waals surface area (Å²) in [5, 5.41) is 22.7. The molecule has 0 saturated heterocycles. The minimum Gasteiger partial charge on any atom is -0.358 e. The lowest BCUT2D eigenvalue weighted by molar-refractivity contribution is -0.137. The van der Waals surface area contributed by atoms with Crippen molar-refractivity contribution >= 4 is 46.1 Å². The highest BCUT2D eigenvalue weighted by atomic mass is 35.5. The summed E-state index contributed by atoms with van der Waals surface area (Å²) in [5.74, 6) is -0.0229. The van der Waals surface area contributed by atoms with Crippen LogP contribution in [-0.4, -0.2) is 20.6 Å². The van der Waals surface area contributed by atoms with Crippen LogP contribution in [0.4, 0.5) is 18.9 Å². The van der Waals surface area contributed by atoms with Crippen molar-refractivity contribution in [1.82, 2.24) is 20.6 Å². The number of hydrogen-bond donors (Lipinski definition) is 2. The molecule has 0 amide bonds. The number of benzene rings is 1. The molecule has 23 heavy (non-hydrogen) atoms. The highest BCUT2D eigenvalue weighted by Crippen LogP contribution is 2.44. The molecule has 0 saturated carbocycles. The summed E-state index contributed by atoms with van der Waals surface area (Å²) in [6.45, 7) is 0. The van der Waals surface area contributed by atoms with Gasteiger partial charge in [0.25, 0.3) is 0 Å². The molecule has 6 nitrogen and oxygen atoms in total. The number of anilines is 1. The smallest absolute Gasteiger partial charge is 0.358 e. The molecule has 12 heteroatoms. The van der Waals surface area contributed by atoms with Crippen molar-refractivity contribution in [1.29, 1.82) is 5.26 Å². The minimum absolute atomic E-state index is 0.0229. The second kappa shape index (κ2) is 6.62. The van der Waals surface area contributed by atoms with Crippen molar-refractivity contribution in [2.75, 3.05) is 5.32 Å². The van der Waals surface area contributed by atoms with E-state index in [4.69, 9.17) is 40.1 Å². The lowest BCUT2D eigenvalue weighted by Crippen LogP contribution is -2.07. The van der Waals surface area contributed by atoms with Crippen molar-refractivity contribution in [2.45, 2.75) is 6.18 Å². The van der Waals surface area contributed by atoms with Gasteiger partial charge in [-0.1, -0.05) is 34.8 Å². The number of allylic oxidation sites excluding steroid dienone is 1. The number of aromatic amines is 1. The number of hydrogen-bond acceptors (Lipinski definition) is 5. The Bertz CT molecular complexity index is 795. The van der Waals surface area contributed by atoms with Gasteiger partial charge in [0.05, 0.1) is 26.3 Å². The van der Waals surface area contributed by atoms with Crippen LogP contribution in [-0.2, 0) is 6.18 Å². The normalized spacial score (nSPS) is 12.1. The van der Waals surface area contributed by atoms with Crippen LogP contribution in [0.5, 0.6) is 0 Å². The number of nitrogens with one attached hydrogen (secondary N) is 2. The second-order valence-electron chi connectivity index (χ2n) is 3.96. The predicted octanol–water partition coefficient (Wildman–Crippen LogP) is 4.16. The molecule has 120 valence electrons. The van der Waals surface area contributed by atoms with E-state index in [1.807, 2.05) is 0 Å². The highest BCUT2D eigenvalue weighted by Gasteiger charge is 2.35. The SMILES string of the molecule is N#CC(=CNc1c(Cl)cc(C(F)(F)F)c(Cl)c1Cl)c1nn[nH]n1. The van der Waals surface area contributed by atoms with E-state index in [1.54, 1.807) is 6.07 Å². The van der Waals surface area contributed by atoms with E-state index in [2.05, 4.69) is 25.9 Å². The van der Waals surface area contributed by atoms with Crippen molar-refractivity contribution in [3.8, 4) is 6.07 Å². The molecule has 1 heterocycles. The minimum atomic E-state index is -4.71. The predicted molar refractivity (Wildman–Crippen MR) is 77.9 cm³/mol. The number of nitriles is 1. The Morgan fingerprint density at radius 3 is 2.52 bits per heavy atom. The van der Waals surface area contributed by atoms with Gasteiger partial charge in [0.15, 0.2) is 0 Å². The number of tetrazole rings is 1. The van der Waals surface area contributed by atoms with Gasteiger partial charge < -0.3 is 5.32 Å². The number of aromatic nitrogens is 4. The van der Waals surface area contributed by atoms with Gasteiger partial charge in [-0.15, -0.1) is 10.2 Å². The summed E-state index contributed by atoms with van der Waals surface area (Å²) in [5.41, 5.74) is -1.31. The zero-order valence-corrected chi connectivity index (χ0v) is 13.0. The lowest BCUT2D eigenvalue weighted by atomic mass is 10.2. The molecular formula is C11H4Cl3F3N6. The van der Waals surface area contributed by atoms with Crippen molar-refractivity contribution < 1.29 is 13.2 Å². The first kappa shape index (κ1) is 17.3. The van der Waals surface area contributed by atoms with Crippen molar-refractivity contribution in [2.24, 2.45) is 0 Å². The number of nitrogens with zero attached hydrogens (tertiary/aromatic N) is 4. The highest BCUT2D eigenvalue weighted by molar-refractivity contribution is 6.46. The number of alkyl halides is 3. The average Bonchev–Trinajstić information content (AvgIpc) is 2.99. The molecule has 0 fully saturated rings. The molecule has 2 rings (SSSR count). The first-order chi connectivity index (χ1) is 10.8. The van der Waals surface area contributed by atoms with Crippen molar-refractivity contribution in [3.05, 3.63) is 38.7 Å². The topological polar surface area (TPSA) is 90.3 Å². The molecule has 0 bridgehead atoms. The monoisotopic (exact) mass is 382 g/mol. The third-order valence-corrected chi connectivity index (χ3v) is 3.70. The fourth-order valence-electron chi connectivity index (χ4n) is 1.50. The maximum Gasteiger partial charge on any atom is 0.417 e. The van der Waals surface area contributed by atoms with Crippen molar-refractivity contribution in [3.63, 3.8) is 0 Å². The van der Waals surface area contributed by atoms with Gasteiger partial charge in [-0.05, 0) is 11.3 Å². The van der Waals surface area contributed by atoms with Crippen LogP contribution in [0.15, 0.2) is 12.3 Å². The molecule has 0 aliphatic rings. The first-order valence-corrected chi connectivity index (χ1v) is 6.74. The van der Waals surface area contributed by atoms with E-state index in [-0.39, 0.29) is 22.1 Å². The number of H-pyrrole nitrogens is 1. The molecule has 0 aliphatic heterocycles. The van der Waals surface area contributed by atoms with Gasteiger partial charge in [0, 0.05) is 6.20 Å². The zero-order valence-electron chi connectivity index (χ0n) is 10.7. The maximum atomic E-state index is 12.8. The van der Waals surface area contributed by atoms with E-state index >= 15 is 0 Å². The lowest BCUT2D eigenvalue weighted by Gasteiger charge is -2.14. The molecular weight excluding hydrogens is 380 g/mol. The van der Waals surface area contributed by atoms with E-state index in [1.165, 1.54) is 0 Å². The Kier molecular flexibility index (Phi) is 4.99. The number of halogens is 6. The standard InChI is InChI=1S/C11H4Cl3F3N6/c12-6-1-5(11(15,16)17)7(13)8(14)9(6)19-3-4(2-18)10-20-22-23-21-10/h1,3,19H,(H,20,21,22,23). The van der Waals surface area contributed by atoms with E-state index in [9.17, 15) is 13.2 Å².